The second kappa shape index (κ2) is 5.66. The zero-order valence-electron chi connectivity index (χ0n) is 14.0. The number of rotatable bonds is 2. The Kier molecular flexibility index (Phi) is 3.99. The number of aryl methyl sites for hydroxylation is 1. The third-order valence-electron chi connectivity index (χ3n) is 3.99. The Bertz CT molecular complexity index is 525. The largest absolute Gasteiger partial charge is 0.365 e. The van der Waals surface area contributed by atoms with Gasteiger partial charge in [-0.15, -0.1) is 0 Å². The molecule has 6 nitrogen and oxygen atoms in total. The van der Waals surface area contributed by atoms with Crippen molar-refractivity contribution in [3.63, 3.8) is 0 Å². The predicted octanol–water partition coefficient (Wildman–Crippen LogP) is 2.34. The number of aromatic nitrogens is 2. The van der Waals surface area contributed by atoms with Crippen molar-refractivity contribution in [3.8, 4) is 0 Å². The van der Waals surface area contributed by atoms with E-state index in [0.29, 0.717) is 13.2 Å². The summed E-state index contributed by atoms with van der Waals surface area (Å²) in [5.74, 6) is 2.30. The van der Waals surface area contributed by atoms with Crippen molar-refractivity contribution in [2.24, 2.45) is 0 Å². The van der Waals surface area contributed by atoms with Crippen LogP contribution >= 0.6 is 0 Å². The molecule has 2 saturated heterocycles. The quantitative estimate of drug-likeness (QED) is 0.905. The van der Waals surface area contributed by atoms with E-state index in [-0.39, 0.29) is 11.3 Å². The van der Waals surface area contributed by atoms with Crippen LogP contribution in [-0.4, -0.2) is 47.6 Å². The molecule has 3 heterocycles. The zero-order valence-corrected chi connectivity index (χ0v) is 14.0. The van der Waals surface area contributed by atoms with Crippen LogP contribution in [0.1, 0.15) is 39.4 Å². The first-order chi connectivity index (χ1) is 10.4. The van der Waals surface area contributed by atoms with Crippen LogP contribution in [0.3, 0.4) is 0 Å². The van der Waals surface area contributed by atoms with Gasteiger partial charge in [-0.3, -0.25) is 0 Å². The van der Waals surface area contributed by atoms with Crippen LogP contribution in [0, 0.1) is 6.92 Å². The van der Waals surface area contributed by atoms with E-state index in [0.717, 1.165) is 43.4 Å². The molecular weight excluding hydrogens is 280 g/mol. The van der Waals surface area contributed by atoms with Crippen molar-refractivity contribution in [2.45, 2.75) is 51.9 Å². The number of hydrogen-bond donors (Lipinski definition) is 1. The Morgan fingerprint density at radius 2 is 1.77 bits per heavy atom. The fourth-order valence-corrected chi connectivity index (χ4v) is 3.02. The third kappa shape index (κ3) is 3.50. The second-order valence-electron chi connectivity index (χ2n) is 7.13. The highest BCUT2D eigenvalue weighted by Gasteiger charge is 2.40. The van der Waals surface area contributed by atoms with Gasteiger partial charge in [-0.2, -0.15) is 0 Å². The molecule has 0 bridgehead atoms. The minimum Gasteiger partial charge on any atom is -0.365 e. The van der Waals surface area contributed by atoms with Gasteiger partial charge in [0.2, 0.25) is 0 Å². The lowest BCUT2D eigenvalue weighted by Crippen LogP contribution is -2.45. The molecular formula is C16H26N4O2. The lowest BCUT2D eigenvalue weighted by Gasteiger charge is -2.38. The average molecular weight is 306 g/mol. The van der Waals surface area contributed by atoms with Gasteiger partial charge in [-0.1, -0.05) is 0 Å². The fourth-order valence-electron chi connectivity index (χ4n) is 3.02. The van der Waals surface area contributed by atoms with Crippen molar-refractivity contribution in [2.75, 3.05) is 36.5 Å². The highest BCUT2D eigenvalue weighted by atomic mass is 16.7. The van der Waals surface area contributed by atoms with E-state index in [4.69, 9.17) is 9.47 Å². The summed E-state index contributed by atoms with van der Waals surface area (Å²) in [6, 6.07) is 2.03. The van der Waals surface area contributed by atoms with E-state index in [1.807, 2.05) is 13.0 Å². The Balaban J connectivity index is 1.72. The summed E-state index contributed by atoms with van der Waals surface area (Å²) in [5, 5.41) is 3.42. The number of nitrogens with zero attached hydrogens (tertiary/aromatic N) is 3. The molecule has 0 saturated carbocycles. The van der Waals surface area contributed by atoms with Crippen LogP contribution in [-0.2, 0) is 9.47 Å². The van der Waals surface area contributed by atoms with E-state index in [1.165, 1.54) is 0 Å². The Labute approximate surface area is 132 Å². The number of piperidine rings is 1. The maximum absolute atomic E-state index is 5.78. The molecule has 122 valence electrons. The highest BCUT2D eigenvalue weighted by molar-refractivity contribution is 5.50. The van der Waals surface area contributed by atoms with E-state index in [9.17, 15) is 0 Å². The standard InChI is InChI=1S/C16H26N4O2/c1-12-17-13(19-15(2,3)4)11-14(18-12)20-7-5-16(6-8-20)21-9-10-22-16/h11H,5-10H2,1-4H3,(H,17,18,19). The fraction of sp³-hybridized carbons (Fsp3) is 0.750. The maximum atomic E-state index is 5.78. The number of hydrogen-bond acceptors (Lipinski definition) is 6. The Hall–Kier alpha value is -1.40. The van der Waals surface area contributed by atoms with Crippen molar-refractivity contribution in [1.29, 1.82) is 0 Å². The molecule has 0 radical (unpaired) electrons. The number of anilines is 2. The van der Waals surface area contributed by atoms with Crippen LogP contribution in [0.15, 0.2) is 6.07 Å². The summed E-state index contributed by atoms with van der Waals surface area (Å²) < 4.78 is 11.6. The molecule has 0 unspecified atom stereocenters. The predicted molar refractivity (Wildman–Crippen MR) is 86.2 cm³/mol. The smallest absolute Gasteiger partial charge is 0.171 e. The molecule has 0 aliphatic carbocycles. The van der Waals surface area contributed by atoms with Crippen LogP contribution in [0.25, 0.3) is 0 Å². The van der Waals surface area contributed by atoms with Crippen LogP contribution in [0.5, 0.6) is 0 Å². The van der Waals surface area contributed by atoms with Gasteiger partial charge in [0.15, 0.2) is 5.79 Å². The van der Waals surface area contributed by atoms with Gasteiger partial charge >= 0.3 is 0 Å². The summed E-state index contributed by atoms with van der Waals surface area (Å²) in [6.07, 6.45) is 1.77. The van der Waals surface area contributed by atoms with E-state index in [1.54, 1.807) is 0 Å². The van der Waals surface area contributed by atoms with Crippen molar-refractivity contribution in [1.82, 2.24) is 9.97 Å². The minimum atomic E-state index is -0.342. The zero-order chi connectivity index (χ0) is 15.8. The lowest BCUT2D eigenvalue weighted by molar-refractivity contribution is -0.169. The number of ether oxygens (including phenoxy) is 2. The summed E-state index contributed by atoms with van der Waals surface area (Å²) in [4.78, 5) is 11.4. The molecule has 6 heteroatoms. The van der Waals surface area contributed by atoms with Crippen LogP contribution in [0.4, 0.5) is 11.6 Å². The van der Waals surface area contributed by atoms with Gasteiger partial charge in [-0.25, -0.2) is 9.97 Å². The van der Waals surface area contributed by atoms with Crippen LogP contribution < -0.4 is 10.2 Å². The average Bonchev–Trinajstić information content (AvgIpc) is 2.85. The molecule has 1 spiro atoms. The summed E-state index contributed by atoms with van der Waals surface area (Å²) in [7, 11) is 0. The maximum Gasteiger partial charge on any atom is 0.171 e. The second-order valence-corrected chi connectivity index (χ2v) is 7.13. The van der Waals surface area contributed by atoms with Crippen molar-refractivity contribution in [3.05, 3.63) is 11.9 Å². The van der Waals surface area contributed by atoms with Gasteiger partial charge in [-0.05, 0) is 27.7 Å². The first-order valence-corrected chi connectivity index (χ1v) is 8.02. The molecule has 0 aromatic carbocycles. The molecule has 2 aliphatic heterocycles. The molecule has 1 aromatic heterocycles. The van der Waals surface area contributed by atoms with Gasteiger partial charge in [0.25, 0.3) is 0 Å². The highest BCUT2D eigenvalue weighted by Crippen LogP contribution is 2.33. The van der Waals surface area contributed by atoms with Gasteiger partial charge < -0.3 is 19.7 Å². The van der Waals surface area contributed by atoms with Crippen LogP contribution in [0.2, 0.25) is 0 Å². The van der Waals surface area contributed by atoms with Gasteiger partial charge in [0.1, 0.15) is 17.5 Å². The molecule has 0 amide bonds. The monoisotopic (exact) mass is 306 g/mol. The molecule has 22 heavy (non-hydrogen) atoms. The molecule has 1 N–H and O–H groups in total. The summed E-state index contributed by atoms with van der Waals surface area (Å²) >= 11 is 0. The lowest BCUT2D eigenvalue weighted by atomic mass is 10.0. The summed E-state index contributed by atoms with van der Waals surface area (Å²) in [6.45, 7) is 11.5. The normalized spacial score (nSPS) is 21.4. The molecule has 3 rings (SSSR count). The number of nitrogens with one attached hydrogen (secondary N) is 1. The minimum absolute atomic E-state index is 0.0183. The van der Waals surface area contributed by atoms with Gasteiger partial charge in [0, 0.05) is 37.5 Å². The van der Waals surface area contributed by atoms with E-state index >= 15 is 0 Å². The molecule has 2 aliphatic rings. The molecule has 1 aromatic rings. The Morgan fingerprint density at radius 1 is 1.14 bits per heavy atom. The van der Waals surface area contributed by atoms with E-state index in [2.05, 4.69) is 41.0 Å². The summed E-state index contributed by atoms with van der Waals surface area (Å²) in [5.41, 5.74) is -0.0183. The topological polar surface area (TPSA) is 59.5 Å². The van der Waals surface area contributed by atoms with Crippen molar-refractivity contribution >= 4 is 11.6 Å². The molecule has 2 fully saturated rings. The van der Waals surface area contributed by atoms with Crippen molar-refractivity contribution < 1.29 is 9.47 Å². The SMILES string of the molecule is Cc1nc(NC(C)(C)C)cc(N2CCC3(CC2)OCCO3)n1. The third-order valence-corrected chi connectivity index (χ3v) is 3.99. The molecule has 0 atom stereocenters. The van der Waals surface area contributed by atoms with E-state index < -0.39 is 0 Å². The Morgan fingerprint density at radius 3 is 2.36 bits per heavy atom. The van der Waals surface area contributed by atoms with Gasteiger partial charge in [0.05, 0.1) is 13.2 Å². The first-order valence-electron chi connectivity index (χ1n) is 8.02. The first kappa shape index (κ1) is 15.5.